The molecule has 2 heterocycles. The number of aromatic nitrogens is 3. The molecule has 0 aliphatic heterocycles. The number of hydrogen-bond donors (Lipinski definition) is 0. The minimum atomic E-state index is 0.286. The van der Waals surface area contributed by atoms with E-state index in [4.69, 9.17) is 0 Å². The van der Waals surface area contributed by atoms with Crippen molar-refractivity contribution in [1.29, 1.82) is 0 Å². The third kappa shape index (κ3) is 1.91. The van der Waals surface area contributed by atoms with E-state index in [0.29, 0.717) is 0 Å². The van der Waals surface area contributed by atoms with Crippen LogP contribution in [0.2, 0.25) is 0 Å². The smallest absolute Gasteiger partial charge is 0.166 e. The first-order valence-corrected chi connectivity index (χ1v) is 5.33. The molecule has 2 aromatic heterocycles. The van der Waals surface area contributed by atoms with Gasteiger partial charge in [0.05, 0.1) is 18.6 Å². The molecule has 0 aliphatic rings. The molecular weight excluding hydrogens is 202 g/mol. The van der Waals surface area contributed by atoms with Crippen LogP contribution in [-0.4, -0.2) is 20.4 Å². The maximum Gasteiger partial charge on any atom is 0.166 e. The normalized spacial score (nSPS) is 10.9. The predicted molar refractivity (Wildman–Crippen MR) is 61.5 cm³/mol. The highest BCUT2D eigenvalue weighted by Gasteiger charge is 2.10. The van der Waals surface area contributed by atoms with E-state index < -0.39 is 0 Å². The number of carbonyl (C=O) groups is 1. The molecule has 4 nitrogen and oxygen atoms in total. The number of carbonyl (C=O) groups excluding carboxylic acids is 1. The van der Waals surface area contributed by atoms with Gasteiger partial charge in [-0.3, -0.25) is 4.79 Å². The van der Waals surface area contributed by atoms with Gasteiger partial charge in [0.2, 0.25) is 0 Å². The lowest BCUT2D eigenvalue weighted by atomic mass is 10.3. The second-order valence-corrected chi connectivity index (χ2v) is 4.07. The van der Waals surface area contributed by atoms with Crippen LogP contribution in [-0.2, 0) is 6.54 Å². The van der Waals surface area contributed by atoms with E-state index in [9.17, 15) is 4.79 Å². The van der Waals surface area contributed by atoms with Crippen LogP contribution in [0.5, 0.6) is 0 Å². The Bertz CT molecular complexity index is 468. The van der Waals surface area contributed by atoms with Gasteiger partial charge in [0.25, 0.3) is 0 Å². The van der Waals surface area contributed by atoms with E-state index in [1.165, 1.54) is 0 Å². The van der Waals surface area contributed by atoms with Gasteiger partial charge < -0.3 is 9.13 Å². The predicted octanol–water partition coefficient (Wildman–Crippen LogP) is 2.13. The highest BCUT2D eigenvalue weighted by molar-refractivity contribution is 5.72. The van der Waals surface area contributed by atoms with Gasteiger partial charge in [-0.05, 0) is 26.0 Å². The Kier molecular flexibility index (Phi) is 2.90. The van der Waals surface area contributed by atoms with Crippen LogP contribution in [0.1, 0.15) is 36.1 Å². The van der Waals surface area contributed by atoms with Crippen LogP contribution in [0.3, 0.4) is 0 Å². The van der Waals surface area contributed by atoms with Crippen molar-refractivity contribution in [3.05, 3.63) is 42.2 Å². The van der Waals surface area contributed by atoms with Gasteiger partial charge in [-0.1, -0.05) is 0 Å². The Labute approximate surface area is 94.5 Å². The minimum absolute atomic E-state index is 0.286. The summed E-state index contributed by atoms with van der Waals surface area (Å²) in [5.41, 5.74) is 1.85. The second-order valence-electron chi connectivity index (χ2n) is 4.07. The van der Waals surface area contributed by atoms with Gasteiger partial charge in [-0.15, -0.1) is 0 Å². The summed E-state index contributed by atoms with van der Waals surface area (Å²) in [5, 5.41) is 0. The van der Waals surface area contributed by atoms with Crippen molar-refractivity contribution in [3.8, 4) is 0 Å². The first kappa shape index (κ1) is 10.7. The molecule has 2 rings (SSSR count). The molecule has 0 aromatic carbocycles. The zero-order valence-corrected chi connectivity index (χ0v) is 9.50. The summed E-state index contributed by atoms with van der Waals surface area (Å²) in [4.78, 5) is 14.9. The number of imidazole rings is 1. The molecule has 0 radical (unpaired) electrons. The number of rotatable bonds is 4. The summed E-state index contributed by atoms with van der Waals surface area (Å²) >= 11 is 0. The Balaban J connectivity index is 2.34. The average molecular weight is 217 g/mol. The van der Waals surface area contributed by atoms with Crippen LogP contribution in [0.15, 0.2) is 30.9 Å². The maximum atomic E-state index is 10.9. The van der Waals surface area contributed by atoms with E-state index in [0.717, 1.165) is 24.2 Å². The molecule has 0 bridgehead atoms. The zero-order chi connectivity index (χ0) is 11.5. The summed E-state index contributed by atoms with van der Waals surface area (Å²) in [6.45, 7) is 4.89. The Morgan fingerprint density at radius 2 is 2.25 bits per heavy atom. The van der Waals surface area contributed by atoms with E-state index in [2.05, 4.69) is 18.8 Å². The van der Waals surface area contributed by atoms with Gasteiger partial charge >= 0.3 is 0 Å². The van der Waals surface area contributed by atoms with E-state index in [-0.39, 0.29) is 6.04 Å². The highest BCUT2D eigenvalue weighted by atomic mass is 16.1. The van der Waals surface area contributed by atoms with Crippen molar-refractivity contribution in [2.45, 2.75) is 26.4 Å². The Morgan fingerprint density at radius 3 is 2.81 bits per heavy atom. The van der Waals surface area contributed by atoms with Crippen LogP contribution < -0.4 is 0 Å². The van der Waals surface area contributed by atoms with Crippen LogP contribution in [0, 0.1) is 0 Å². The van der Waals surface area contributed by atoms with Crippen molar-refractivity contribution < 1.29 is 4.79 Å². The molecule has 84 valence electrons. The lowest BCUT2D eigenvalue weighted by Gasteiger charge is -2.15. The molecule has 0 aliphatic carbocycles. The molecule has 0 saturated carbocycles. The summed E-state index contributed by atoms with van der Waals surface area (Å²) in [5.74, 6) is 0. The topological polar surface area (TPSA) is 39.8 Å². The summed E-state index contributed by atoms with van der Waals surface area (Å²) in [6.07, 6.45) is 6.34. The molecule has 0 N–H and O–H groups in total. The van der Waals surface area contributed by atoms with Crippen molar-refractivity contribution in [2.75, 3.05) is 0 Å². The first-order valence-electron chi connectivity index (χ1n) is 5.33. The summed E-state index contributed by atoms with van der Waals surface area (Å²) < 4.78 is 4.04. The van der Waals surface area contributed by atoms with E-state index in [1.807, 2.05) is 27.5 Å². The number of nitrogens with zero attached hydrogens (tertiary/aromatic N) is 3. The molecule has 16 heavy (non-hydrogen) atoms. The fraction of sp³-hybridized carbons (Fsp3) is 0.333. The standard InChI is InChI=1S/C12H15N3O/c1-10(2)15-11(3-4-12(15)8-16)7-14-6-5-13-9-14/h3-6,8-10H,7H2,1-2H3. The quantitative estimate of drug-likeness (QED) is 0.736. The van der Waals surface area contributed by atoms with Crippen LogP contribution >= 0.6 is 0 Å². The molecule has 4 heteroatoms. The van der Waals surface area contributed by atoms with Gasteiger partial charge in [-0.25, -0.2) is 4.98 Å². The molecule has 0 saturated heterocycles. The maximum absolute atomic E-state index is 10.9. The third-order valence-electron chi connectivity index (χ3n) is 2.57. The minimum Gasteiger partial charge on any atom is -0.338 e. The molecule has 0 fully saturated rings. The summed E-state index contributed by atoms with van der Waals surface area (Å²) in [6, 6.07) is 4.14. The SMILES string of the molecule is CC(C)n1c(C=O)ccc1Cn1ccnc1. The van der Waals surface area contributed by atoms with Crippen molar-refractivity contribution in [1.82, 2.24) is 14.1 Å². The van der Waals surface area contributed by atoms with E-state index in [1.54, 1.807) is 12.5 Å². The Morgan fingerprint density at radius 1 is 1.44 bits per heavy atom. The second kappa shape index (κ2) is 4.35. The fourth-order valence-corrected chi connectivity index (χ4v) is 1.93. The monoisotopic (exact) mass is 217 g/mol. The van der Waals surface area contributed by atoms with Gasteiger partial charge in [0.1, 0.15) is 0 Å². The number of hydrogen-bond acceptors (Lipinski definition) is 2. The van der Waals surface area contributed by atoms with Crippen molar-refractivity contribution >= 4 is 6.29 Å². The molecule has 2 aromatic rings. The zero-order valence-electron chi connectivity index (χ0n) is 9.50. The average Bonchev–Trinajstić information content (AvgIpc) is 2.87. The highest BCUT2D eigenvalue weighted by Crippen LogP contribution is 2.16. The first-order chi connectivity index (χ1) is 7.72. The summed E-state index contributed by atoms with van der Waals surface area (Å²) in [7, 11) is 0. The Hall–Kier alpha value is -1.84. The molecule has 0 atom stereocenters. The lowest BCUT2D eigenvalue weighted by Crippen LogP contribution is -2.11. The fourth-order valence-electron chi connectivity index (χ4n) is 1.93. The van der Waals surface area contributed by atoms with Crippen LogP contribution in [0.4, 0.5) is 0 Å². The van der Waals surface area contributed by atoms with Gasteiger partial charge in [0, 0.05) is 24.1 Å². The third-order valence-corrected chi connectivity index (χ3v) is 2.57. The lowest BCUT2D eigenvalue weighted by molar-refractivity contribution is 0.111. The number of aldehydes is 1. The molecule has 0 unspecified atom stereocenters. The van der Waals surface area contributed by atoms with Gasteiger partial charge in [-0.2, -0.15) is 0 Å². The largest absolute Gasteiger partial charge is 0.338 e. The van der Waals surface area contributed by atoms with E-state index >= 15 is 0 Å². The molecule has 0 amide bonds. The molecular formula is C12H15N3O. The molecule has 0 spiro atoms. The van der Waals surface area contributed by atoms with Crippen molar-refractivity contribution in [3.63, 3.8) is 0 Å². The van der Waals surface area contributed by atoms with Crippen LogP contribution in [0.25, 0.3) is 0 Å². The van der Waals surface area contributed by atoms with Gasteiger partial charge in [0.15, 0.2) is 6.29 Å². The van der Waals surface area contributed by atoms with Crippen molar-refractivity contribution in [2.24, 2.45) is 0 Å².